The molecule has 0 bridgehead atoms. The van der Waals surface area contributed by atoms with Crippen LogP contribution in [0.1, 0.15) is 40.5 Å². The largest absolute Gasteiger partial charge is 0.373 e. The fourth-order valence-corrected chi connectivity index (χ4v) is 3.38. The van der Waals surface area contributed by atoms with Gasteiger partial charge < -0.3 is 15.4 Å². The normalized spacial score (nSPS) is 22.8. The Morgan fingerprint density at radius 2 is 1.83 bits per heavy atom. The second-order valence-corrected chi connectivity index (χ2v) is 8.01. The Hall–Kier alpha value is 0.270. The SMILES string of the molecule is CN=C(NCCCCSC)NCC(C)(C)N1CC(C)OC(C)C1.I. The Morgan fingerprint density at radius 3 is 2.38 bits per heavy atom. The smallest absolute Gasteiger partial charge is 0.191 e. The molecule has 0 aromatic heterocycles. The average molecular weight is 472 g/mol. The highest BCUT2D eigenvalue weighted by atomic mass is 127. The highest BCUT2D eigenvalue weighted by Gasteiger charge is 2.33. The van der Waals surface area contributed by atoms with Gasteiger partial charge in [0.1, 0.15) is 0 Å². The van der Waals surface area contributed by atoms with Gasteiger partial charge in [-0.25, -0.2) is 0 Å². The number of nitrogens with zero attached hydrogens (tertiary/aromatic N) is 2. The topological polar surface area (TPSA) is 48.9 Å². The van der Waals surface area contributed by atoms with Crippen molar-refractivity contribution in [3.05, 3.63) is 0 Å². The van der Waals surface area contributed by atoms with Gasteiger partial charge in [0.05, 0.1) is 12.2 Å². The number of unbranched alkanes of at least 4 members (excludes halogenated alkanes) is 1. The molecule has 1 heterocycles. The van der Waals surface area contributed by atoms with Crippen LogP contribution in [0.5, 0.6) is 0 Å². The monoisotopic (exact) mass is 472 g/mol. The molecule has 0 radical (unpaired) electrons. The minimum Gasteiger partial charge on any atom is -0.373 e. The van der Waals surface area contributed by atoms with E-state index in [-0.39, 0.29) is 29.5 Å². The molecule has 1 aliphatic rings. The molecule has 2 atom stereocenters. The van der Waals surface area contributed by atoms with Crippen LogP contribution in [0.4, 0.5) is 0 Å². The second kappa shape index (κ2) is 12.6. The van der Waals surface area contributed by atoms with Crippen molar-refractivity contribution in [3.8, 4) is 0 Å². The van der Waals surface area contributed by atoms with Crippen LogP contribution in [0, 0.1) is 0 Å². The third-order valence-electron chi connectivity index (χ3n) is 4.26. The maximum Gasteiger partial charge on any atom is 0.191 e. The average Bonchev–Trinajstić information content (AvgIpc) is 2.49. The first-order valence-electron chi connectivity index (χ1n) is 8.73. The maximum atomic E-state index is 5.84. The zero-order valence-corrected chi connectivity index (χ0v) is 19.4. The molecule has 0 saturated carbocycles. The minimum absolute atomic E-state index is 0. The lowest BCUT2D eigenvalue weighted by molar-refractivity contribution is -0.0946. The molecule has 0 aliphatic carbocycles. The molecule has 0 spiro atoms. The Kier molecular flexibility index (Phi) is 12.7. The molecule has 24 heavy (non-hydrogen) atoms. The highest BCUT2D eigenvalue weighted by molar-refractivity contribution is 14.0. The van der Waals surface area contributed by atoms with E-state index in [2.05, 4.69) is 54.5 Å². The van der Waals surface area contributed by atoms with Gasteiger partial charge in [-0.05, 0) is 52.5 Å². The number of aliphatic imine (C=N–C) groups is 1. The van der Waals surface area contributed by atoms with Gasteiger partial charge in [-0.2, -0.15) is 11.8 Å². The lowest BCUT2D eigenvalue weighted by Crippen LogP contribution is -2.59. The van der Waals surface area contributed by atoms with Gasteiger partial charge in [-0.15, -0.1) is 24.0 Å². The van der Waals surface area contributed by atoms with E-state index in [1.54, 1.807) is 0 Å². The van der Waals surface area contributed by atoms with Gasteiger partial charge in [0.15, 0.2) is 5.96 Å². The van der Waals surface area contributed by atoms with Crippen LogP contribution in [0.2, 0.25) is 0 Å². The van der Waals surface area contributed by atoms with E-state index in [1.807, 2.05) is 18.8 Å². The molecule has 2 unspecified atom stereocenters. The number of ether oxygens (including phenoxy) is 1. The van der Waals surface area contributed by atoms with Gasteiger partial charge in [-0.3, -0.25) is 9.89 Å². The van der Waals surface area contributed by atoms with Crippen LogP contribution in [0.25, 0.3) is 0 Å². The quantitative estimate of drug-likeness (QED) is 0.246. The Balaban J connectivity index is 0.00000529. The molecule has 7 heteroatoms. The van der Waals surface area contributed by atoms with Crippen molar-refractivity contribution >= 4 is 41.7 Å². The standard InChI is InChI=1S/C17H36N4OS.HI/c1-14-11-21(12-15(2)22-14)17(3,4)13-20-16(18-5)19-9-7-8-10-23-6;/h14-15H,7-13H2,1-6H3,(H2,18,19,20);1H. The van der Waals surface area contributed by atoms with Crippen molar-refractivity contribution in [1.29, 1.82) is 0 Å². The molecular formula is C17H37IN4OS. The first-order chi connectivity index (χ1) is 10.9. The van der Waals surface area contributed by atoms with Gasteiger partial charge in [-0.1, -0.05) is 0 Å². The van der Waals surface area contributed by atoms with Gasteiger partial charge in [0.2, 0.25) is 0 Å². The fourth-order valence-electron chi connectivity index (χ4n) is 2.88. The Bertz CT molecular complexity index is 358. The molecule has 0 aromatic carbocycles. The number of hydrogen-bond donors (Lipinski definition) is 2. The molecule has 144 valence electrons. The van der Waals surface area contributed by atoms with E-state index in [4.69, 9.17) is 4.74 Å². The van der Waals surface area contributed by atoms with E-state index in [1.165, 1.54) is 18.6 Å². The van der Waals surface area contributed by atoms with Crippen LogP contribution in [-0.2, 0) is 4.74 Å². The number of guanidine groups is 1. The molecule has 2 N–H and O–H groups in total. The van der Waals surface area contributed by atoms with Crippen LogP contribution in [-0.4, -0.2) is 73.8 Å². The summed E-state index contributed by atoms with van der Waals surface area (Å²) in [5, 5.41) is 6.89. The number of rotatable bonds is 8. The molecule has 1 rings (SSSR count). The zero-order valence-electron chi connectivity index (χ0n) is 16.2. The molecule has 1 aliphatic heterocycles. The van der Waals surface area contributed by atoms with Crippen LogP contribution < -0.4 is 10.6 Å². The van der Waals surface area contributed by atoms with Gasteiger partial charge in [0.25, 0.3) is 0 Å². The first kappa shape index (κ1) is 24.3. The summed E-state index contributed by atoms with van der Waals surface area (Å²) in [6, 6.07) is 0. The molecule has 1 saturated heterocycles. The van der Waals surface area contributed by atoms with Crippen molar-refractivity contribution < 1.29 is 4.74 Å². The molecular weight excluding hydrogens is 435 g/mol. The Labute approximate surface area is 170 Å². The minimum atomic E-state index is 0. The summed E-state index contributed by atoms with van der Waals surface area (Å²) >= 11 is 1.91. The summed E-state index contributed by atoms with van der Waals surface area (Å²) in [6.07, 6.45) is 5.19. The van der Waals surface area contributed by atoms with Crippen molar-refractivity contribution in [2.45, 2.75) is 58.3 Å². The van der Waals surface area contributed by atoms with E-state index in [9.17, 15) is 0 Å². The molecule has 0 aromatic rings. The molecule has 1 fully saturated rings. The number of halogens is 1. The van der Waals surface area contributed by atoms with Crippen LogP contribution in [0.3, 0.4) is 0 Å². The van der Waals surface area contributed by atoms with Gasteiger partial charge in [0, 0.05) is 38.8 Å². The molecule has 0 amide bonds. The van der Waals surface area contributed by atoms with Crippen LogP contribution >= 0.6 is 35.7 Å². The number of thioether (sulfide) groups is 1. The fraction of sp³-hybridized carbons (Fsp3) is 0.941. The van der Waals surface area contributed by atoms with Crippen molar-refractivity contribution in [1.82, 2.24) is 15.5 Å². The van der Waals surface area contributed by atoms with Crippen molar-refractivity contribution in [2.24, 2.45) is 4.99 Å². The summed E-state index contributed by atoms with van der Waals surface area (Å²) in [7, 11) is 1.84. The van der Waals surface area contributed by atoms with Crippen molar-refractivity contribution in [3.63, 3.8) is 0 Å². The zero-order chi connectivity index (χ0) is 17.3. The van der Waals surface area contributed by atoms with Crippen LogP contribution in [0.15, 0.2) is 4.99 Å². The van der Waals surface area contributed by atoms with E-state index in [0.717, 1.165) is 32.1 Å². The lowest BCUT2D eigenvalue weighted by atomic mass is 10.00. The van der Waals surface area contributed by atoms with Gasteiger partial charge >= 0.3 is 0 Å². The van der Waals surface area contributed by atoms with E-state index in [0.29, 0.717) is 12.2 Å². The number of hydrogen-bond acceptors (Lipinski definition) is 4. The summed E-state index contributed by atoms with van der Waals surface area (Å²) in [5.41, 5.74) is 0.0722. The number of morpholine rings is 1. The van der Waals surface area contributed by atoms with Crippen molar-refractivity contribution in [2.75, 3.05) is 45.2 Å². The third-order valence-corrected chi connectivity index (χ3v) is 4.95. The molecule has 5 nitrogen and oxygen atoms in total. The first-order valence-corrected chi connectivity index (χ1v) is 10.1. The van der Waals surface area contributed by atoms with E-state index >= 15 is 0 Å². The summed E-state index contributed by atoms with van der Waals surface area (Å²) in [4.78, 5) is 6.85. The number of nitrogens with one attached hydrogen (secondary N) is 2. The highest BCUT2D eigenvalue weighted by Crippen LogP contribution is 2.20. The van der Waals surface area contributed by atoms with E-state index < -0.39 is 0 Å². The second-order valence-electron chi connectivity index (χ2n) is 7.03. The summed E-state index contributed by atoms with van der Waals surface area (Å²) in [6.45, 7) is 12.7. The summed E-state index contributed by atoms with van der Waals surface area (Å²) < 4.78 is 5.84. The summed E-state index contributed by atoms with van der Waals surface area (Å²) in [5.74, 6) is 2.13. The Morgan fingerprint density at radius 1 is 1.21 bits per heavy atom. The predicted molar refractivity (Wildman–Crippen MR) is 118 cm³/mol. The predicted octanol–water partition coefficient (Wildman–Crippen LogP) is 2.80. The third kappa shape index (κ3) is 9.10. The maximum absolute atomic E-state index is 5.84. The lowest BCUT2D eigenvalue weighted by Gasteiger charge is -2.45.